The molecule has 9 heteroatoms. The van der Waals surface area contributed by atoms with E-state index in [2.05, 4.69) is 15.6 Å². The molecule has 4 rings (SSSR count). The normalized spacial score (nSPS) is 27.3. The van der Waals surface area contributed by atoms with Crippen molar-refractivity contribution in [3.05, 3.63) is 29.8 Å². The van der Waals surface area contributed by atoms with Crippen LogP contribution in [0.15, 0.2) is 29.3 Å². The third-order valence-corrected chi connectivity index (χ3v) is 6.34. The Morgan fingerprint density at radius 2 is 2.00 bits per heavy atom. The van der Waals surface area contributed by atoms with Crippen LogP contribution in [-0.2, 0) is 11.3 Å². The molecule has 0 amide bonds. The van der Waals surface area contributed by atoms with Crippen molar-refractivity contribution in [2.24, 2.45) is 16.3 Å². The Bertz CT molecular complexity index is 723. The summed E-state index contributed by atoms with van der Waals surface area (Å²) in [6.07, 6.45) is 0.854. The lowest BCUT2D eigenvalue weighted by atomic mass is 9.46. The maximum absolute atomic E-state index is 12.2. The van der Waals surface area contributed by atoms with Crippen molar-refractivity contribution in [3.8, 4) is 5.75 Å². The topological polar surface area (TPSA) is 54.9 Å². The van der Waals surface area contributed by atoms with Gasteiger partial charge >= 0.3 is 6.18 Å². The first-order valence-electron chi connectivity index (χ1n) is 9.79. The number of alkyl halides is 3. The Kier molecular flexibility index (Phi) is 6.87. The van der Waals surface area contributed by atoms with Gasteiger partial charge in [-0.15, -0.1) is 24.0 Å². The number of halogens is 4. The van der Waals surface area contributed by atoms with Crippen LogP contribution in [0.1, 0.15) is 31.2 Å². The van der Waals surface area contributed by atoms with Gasteiger partial charge < -0.3 is 20.1 Å². The van der Waals surface area contributed by atoms with E-state index in [1.54, 1.807) is 31.3 Å². The van der Waals surface area contributed by atoms with E-state index in [-0.39, 0.29) is 35.1 Å². The zero-order valence-electron chi connectivity index (χ0n) is 16.3. The summed E-state index contributed by atoms with van der Waals surface area (Å²) in [6.45, 7) is 0.101. The van der Waals surface area contributed by atoms with E-state index < -0.39 is 12.8 Å². The Morgan fingerprint density at radius 1 is 1.28 bits per heavy atom. The fraction of sp³-hybridized carbons (Fsp3) is 0.650. The van der Waals surface area contributed by atoms with Crippen LogP contribution in [0.5, 0.6) is 5.75 Å². The van der Waals surface area contributed by atoms with Gasteiger partial charge in [-0.2, -0.15) is 13.2 Å². The second-order valence-electron chi connectivity index (χ2n) is 7.93. The highest BCUT2D eigenvalue weighted by molar-refractivity contribution is 14.0. The van der Waals surface area contributed by atoms with Crippen LogP contribution in [0.4, 0.5) is 13.2 Å². The number of guanidine groups is 1. The minimum atomic E-state index is -4.33. The predicted octanol–water partition coefficient (Wildman–Crippen LogP) is 3.87. The molecule has 2 saturated carbocycles. The van der Waals surface area contributed by atoms with Gasteiger partial charge in [-0.05, 0) is 37.0 Å². The summed E-state index contributed by atoms with van der Waals surface area (Å²) < 4.78 is 47.3. The first-order valence-corrected chi connectivity index (χ1v) is 9.79. The molecule has 1 heterocycles. The molecule has 2 aliphatic carbocycles. The number of benzene rings is 1. The number of hydrogen-bond acceptors (Lipinski definition) is 3. The number of hydrogen-bond donors (Lipinski definition) is 2. The van der Waals surface area contributed by atoms with Crippen LogP contribution in [0.2, 0.25) is 0 Å². The van der Waals surface area contributed by atoms with Crippen molar-refractivity contribution in [3.63, 3.8) is 0 Å². The minimum absolute atomic E-state index is 0. The van der Waals surface area contributed by atoms with Gasteiger partial charge in [0, 0.05) is 37.6 Å². The summed E-state index contributed by atoms with van der Waals surface area (Å²) in [5.74, 6) is 1.51. The second kappa shape index (κ2) is 8.87. The van der Waals surface area contributed by atoms with Crippen LogP contribution >= 0.6 is 24.0 Å². The third kappa shape index (κ3) is 4.60. The molecule has 1 spiro atoms. The number of nitrogens with one attached hydrogen (secondary N) is 2. The Morgan fingerprint density at radius 3 is 2.59 bits per heavy atom. The number of aliphatic imine (C=N–C) groups is 1. The molecule has 3 atom stereocenters. The van der Waals surface area contributed by atoms with Gasteiger partial charge in [0.25, 0.3) is 0 Å². The van der Waals surface area contributed by atoms with Crippen molar-refractivity contribution in [1.29, 1.82) is 0 Å². The summed E-state index contributed by atoms with van der Waals surface area (Å²) in [6, 6.07) is 7.01. The third-order valence-electron chi connectivity index (χ3n) is 6.34. The molecule has 0 radical (unpaired) electrons. The molecule has 3 aliphatic rings. The Labute approximate surface area is 185 Å². The van der Waals surface area contributed by atoms with Crippen LogP contribution in [0, 0.1) is 11.3 Å². The van der Waals surface area contributed by atoms with Crippen molar-refractivity contribution < 1.29 is 22.6 Å². The van der Waals surface area contributed by atoms with Crippen LogP contribution in [0.25, 0.3) is 0 Å². The van der Waals surface area contributed by atoms with Crippen molar-refractivity contribution in [1.82, 2.24) is 10.6 Å². The van der Waals surface area contributed by atoms with Crippen LogP contribution in [-0.4, -0.2) is 44.5 Å². The first kappa shape index (κ1) is 22.5. The van der Waals surface area contributed by atoms with Gasteiger partial charge in [-0.25, -0.2) is 0 Å². The standard InChI is InChI=1S/C20H26F3N3O2.HI/c1-24-18(26-16-15-7-10-27-17(15)19(16)8-2-9-19)25-11-13-3-5-14(6-4-13)28-12-20(21,22)23;/h3-6,15-17H,2,7-12H2,1H3,(H2,24,25,26);1H. The Hall–Kier alpha value is -1.23. The van der Waals surface area contributed by atoms with Gasteiger partial charge in [0.1, 0.15) is 5.75 Å². The fourth-order valence-electron chi connectivity index (χ4n) is 4.85. The lowest BCUT2D eigenvalue weighted by Gasteiger charge is -2.63. The van der Waals surface area contributed by atoms with E-state index in [1.165, 1.54) is 19.3 Å². The molecule has 5 nitrogen and oxygen atoms in total. The monoisotopic (exact) mass is 525 g/mol. The first-order chi connectivity index (χ1) is 13.4. The van der Waals surface area contributed by atoms with Gasteiger partial charge in [-0.3, -0.25) is 4.99 Å². The number of rotatable bonds is 5. The fourth-order valence-corrected chi connectivity index (χ4v) is 4.85. The molecule has 0 bridgehead atoms. The van der Waals surface area contributed by atoms with Gasteiger partial charge in [0.05, 0.1) is 6.10 Å². The van der Waals surface area contributed by atoms with Crippen LogP contribution < -0.4 is 15.4 Å². The maximum atomic E-state index is 12.2. The molecule has 3 unspecified atom stereocenters. The quantitative estimate of drug-likeness (QED) is 0.349. The molecule has 29 heavy (non-hydrogen) atoms. The van der Waals surface area contributed by atoms with Crippen molar-refractivity contribution >= 4 is 29.9 Å². The van der Waals surface area contributed by atoms with E-state index >= 15 is 0 Å². The molecule has 0 aromatic heterocycles. The molecular formula is C20H27F3IN3O2. The minimum Gasteiger partial charge on any atom is -0.484 e. The van der Waals surface area contributed by atoms with Gasteiger partial charge in [0.15, 0.2) is 12.6 Å². The average molecular weight is 525 g/mol. The molecule has 2 N–H and O–H groups in total. The second-order valence-corrected chi connectivity index (χ2v) is 7.93. The van der Waals surface area contributed by atoms with E-state index in [0.717, 1.165) is 24.6 Å². The van der Waals surface area contributed by atoms with E-state index in [1.807, 2.05) is 0 Å². The summed E-state index contributed by atoms with van der Waals surface area (Å²) >= 11 is 0. The lowest BCUT2D eigenvalue weighted by Crippen LogP contribution is -2.72. The van der Waals surface area contributed by atoms with Crippen molar-refractivity contribution in [2.75, 3.05) is 20.3 Å². The predicted molar refractivity (Wildman–Crippen MR) is 115 cm³/mol. The highest BCUT2D eigenvalue weighted by Crippen LogP contribution is 2.62. The summed E-state index contributed by atoms with van der Waals surface area (Å²) in [4.78, 5) is 4.34. The number of ether oxygens (including phenoxy) is 2. The Balaban J connectivity index is 0.00000240. The number of nitrogens with zero attached hydrogens (tertiary/aromatic N) is 1. The zero-order chi connectivity index (χ0) is 19.8. The zero-order valence-corrected chi connectivity index (χ0v) is 18.6. The molecule has 1 aromatic rings. The average Bonchev–Trinajstić information content (AvgIpc) is 3.04. The largest absolute Gasteiger partial charge is 0.484 e. The lowest BCUT2D eigenvalue weighted by molar-refractivity contribution is -0.171. The highest BCUT2D eigenvalue weighted by atomic mass is 127. The summed E-state index contributed by atoms with van der Waals surface area (Å²) in [5.41, 5.74) is 1.22. The highest BCUT2D eigenvalue weighted by Gasteiger charge is 2.66. The molecule has 1 aliphatic heterocycles. The summed E-state index contributed by atoms with van der Waals surface area (Å²) in [5, 5.41) is 6.90. The molecule has 162 valence electrons. The summed E-state index contributed by atoms with van der Waals surface area (Å²) in [7, 11) is 1.75. The molecule has 1 saturated heterocycles. The molecular weight excluding hydrogens is 498 g/mol. The number of fused-ring (bicyclic) bond motifs is 2. The SMILES string of the molecule is CN=C(NCc1ccc(OCC(F)(F)F)cc1)NC1C2CCOC2C12CCC2.I. The van der Waals surface area contributed by atoms with Gasteiger partial charge in [-0.1, -0.05) is 18.6 Å². The van der Waals surface area contributed by atoms with Crippen LogP contribution in [0.3, 0.4) is 0 Å². The maximum Gasteiger partial charge on any atom is 0.422 e. The van der Waals surface area contributed by atoms with E-state index in [0.29, 0.717) is 24.6 Å². The van der Waals surface area contributed by atoms with Gasteiger partial charge in [0.2, 0.25) is 0 Å². The van der Waals surface area contributed by atoms with E-state index in [4.69, 9.17) is 9.47 Å². The molecule has 1 aromatic carbocycles. The van der Waals surface area contributed by atoms with Crippen molar-refractivity contribution in [2.45, 2.75) is 50.6 Å². The van der Waals surface area contributed by atoms with E-state index in [9.17, 15) is 13.2 Å². The smallest absolute Gasteiger partial charge is 0.422 e. The molecule has 3 fully saturated rings.